The summed E-state index contributed by atoms with van der Waals surface area (Å²) in [6, 6.07) is 4.73. The van der Waals surface area contributed by atoms with Gasteiger partial charge in [0.25, 0.3) is 0 Å². The molecule has 0 unspecified atom stereocenters. The fourth-order valence-electron chi connectivity index (χ4n) is 4.70. The number of carbonyl (C=O) groups is 2. The van der Waals surface area contributed by atoms with Gasteiger partial charge in [0.15, 0.2) is 11.5 Å². The molecule has 1 atom stereocenters. The molecule has 2 aliphatic heterocycles. The van der Waals surface area contributed by atoms with Crippen molar-refractivity contribution in [3.05, 3.63) is 23.8 Å². The Morgan fingerprint density at radius 2 is 1.96 bits per heavy atom. The number of carboxylic acids is 1. The number of methoxy groups -OCH3 is 1. The Hall–Kier alpha value is -2.28. The van der Waals surface area contributed by atoms with E-state index in [0.29, 0.717) is 18.7 Å². The highest BCUT2D eigenvalue weighted by atomic mass is 16.5. The highest BCUT2D eigenvalue weighted by Gasteiger charge is 2.51. The molecule has 3 fully saturated rings. The molecule has 1 saturated carbocycles. The van der Waals surface area contributed by atoms with Gasteiger partial charge in [-0.2, -0.15) is 0 Å². The van der Waals surface area contributed by atoms with Gasteiger partial charge in [-0.05, 0) is 68.3 Å². The molecule has 0 radical (unpaired) electrons. The number of carbonyl (C=O) groups excluding carboxylic acids is 1. The molecule has 2 heterocycles. The fraction of sp³-hybridized carbons (Fsp3) is 0.619. The van der Waals surface area contributed by atoms with E-state index in [1.807, 2.05) is 12.1 Å². The normalized spacial score (nSPS) is 24.5. The second-order valence-corrected chi connectivity index (χ2v) is 8.58. The third kappa shape index (κ3) is 3.68. The Balaban J connectivity index is 1.39. The van der Waals surface area contributed by atoms with Crippen LogP contribution in [0.25, 0.3) is 0 Å². The van der Waals surface area contributed by atoms with Crippen LogP contribution in [0.15, 0.2) is 18.2 Å². The van der Waals surface area contributed by atoms with E-state index in [4.69, 9.17) is 4.74 Å². The summed E-state index contributed by atoms with van der Waals surface area (Å²) < 4.78 is 5.18. The molecule has 28 heavy (non-hydrogen) atoms. The Labute approximate surface area is 164 Å². The van der Waals surface area contributed by atoms with Crippen LogP contribution in [0.5, 0.6) is 11.5 Å². The minimum atomic E-state index is -0.871. The maximum Gasteiger partial charge on any atom is 0.326 e. The summed E-state index contributed by atoms with van der Waals surface area (Å²) in [5, 5.41) is 19.4. The molecule has 152 valence electrons. The first-order chi connectivity index (χ1) is 13.4. The molecule has 1 aromatic carbocycles. The number of piperidine rings is 1. The zero-order valence-electron chi connectivity index (χ0n) is 16.3. The lowest BCUT2D eigenvalue weighted by molar-refractivity contribution is -0.148. The van der Waals surface area contributed by atoms with Gasteiger partial charge in [0.05, 0.1) is 7.11 Å². The van der Waals surface area contributed by atoms with Crippen LogP contribution < -0.4 is 4.74 Å². The molecule has 3 aliphatic rings. The van der Waals surface area contributed by atoms with Crippen LogP contribution >= 0.6 is 0 Å². The van der Waals surface area contributed by atoms with Crippen molar-refractivity contribution in [2.24, 2.45) is 11.3 Å². The van der Waals surface area contributed by atoms with Crippen molar-refractivity contribution >= 4 is 11.9 Å². The average Bonchev–Trinajstić information content (AvgIpc) is 3.46. The SMILES string of the molecule is COc1cc(CN2CCC3(CC2)C[C@@H](C(=O)O)N(C(=O)C2CC2)C3)ccc1O. The Morgan fingerprint density at radius 1 is 1.25 bits per heavy atom. The Bertz CT molecular complexity index is 768. The summed E-state index contributed by atoms with van der Waals surface area (Å²) in [7, 11) is 1.54. The average molecular weight is 388 g/mol. The van der Waals surface area contributed by atoms with Gasteiger partial charge in [-0.3, -0.25) is 9.69 Å². The number of likely N-dealkylation sites (tertiary alicyclic amines) is 2. The van der Waals surface area contributed by atoms with Crippen molar-refractivity contribution in [1.29, 1.82) is 0 Å². The van der Waals surface area contributed by atoms with Gasteiger partial charge in [0, 0.05) is 19.0 Å². The maximum absolute atomic E-state index is 12.6. The molecule has 1 aliphatic carbocycles. The number of rotatable bonds is 5. The highest BCUT2D eigenvalue weighted by Crippen LogP contribution is 2.45. The fourth-order valence-corrected chi connectivity index (χ4v) is 4.70. The monoisotopic (exact) mass is 388 g/mol. The number of hydrogen-bond acceptors (Lipinski definition) is 5. The van der Waals surface area contributed by atoms with Crippen LogP contribution in [0.3, 0.4) is 0 Å². The van der Waals surface area contributed by atoms with Crippen molar-refractivity contribution < 1.29 is 24.5 Å². The van der Waals surface area contributed by atoms with E-state index in [0.717, 1.165) is 50.9 Å². The molecule has 2 saturated heterocycles. The summed E-state index contributed by atoms with van der Waals surface area (Å²) in [4.78, 5) is 28.3. The van der Waals surface area contributed by atoms with Gasteiger partial charge in [-0.15, -0.1) is 0 Å². The Kier molecular flexibility index (Phi) is 4.95. The predicted octanol–water partition coefficient (Wildman–Crippen LogP) is 2.08. The summed E-state index contributed by atoms with van der Waals surface area (Å²) in [6.45, 7) is 3.10. The molecule has 1 aromatic rings. The van der Waals surface area contributed by atoms with Gasteiger partial charge in [-0.25, -0.2) is 4.79 Å². The van der Waals surface area contributed by atoms with Crippen LogP contribution in [-0.4, -0.2) is 64.7 Å². The van der Waals surface area contributed by atoms with E-state index >= 15 is 0 Å². The third-order valence-electron chi connectivity index (χ3n) is 6.57. The molecular weight excluding hydrogens is 360 g/mol. The number of aromatic hydroxyl groups is 1. The first-order valence-corrected chi connectivity index (χ1v) is 10.0. The van der Waals surface area contributed by atoms with E-state index in [9.17, 15) is 19.8 Å². The number of nitrogens with zero attached hydrogens (tertiary/aromatic N) is 2. The van der Waals surface area contributed by atoms with Gasteiger partial charge < -0.3 is 19.8 Å². The van der Waals surface area contributed by atoms with Crippen molar-refractivity contribution in [3.8, 4) is 11.5 Å². The minimum absolute atomic E-state index is 0.0443. The quantitative estimate of drug-likeness (QED) is 0.803. The van der Waals surface area contributed by atoms with E-state index in [1.54, 1.807) is 11.0 Å². The number of amides is 1. The second kappa shape index (κ2) is 7.28. The molecule has 0 bridgehead atoms. The van der Waals surface area contributed by atoms with Crippen LogP contribution in [-0.2, 0) is 16.1 Å². The van der Waals surface area contributed by atoms with Crippen molar-refractivity contribution in [2.45, 2.75) is 44.7 Å². The van der Waals surface area contributed by atoms with Crippen molar-refractivity contribution in [1.82, 2.24) is 9.80 Å². The molecule has 4 rings (SSSR count). The molecule has 7 nitrogen and oxygen atoms in total. The molecule has 2 N–H and O–H groups in total. The maximum atomic E-state index is 12.6. The van der Waals surface area contributed by atoms with E-state index in [1.165, 1.54) is 7.11 Å². The van der Waals surface area contributed by atoms with Crippen LogP contribution in [0.1, 0.15) is 37.7 Å². The smallest absolute Gasteiger partial charge is 0.326 e. The predicted molar refractivity (Wildman–Crippen MR) is 102 cm³/mol. The number of aliphatic carboxylic acids is 1. The van der Waals surface area contributed by atoms with E-state index in [-0.39, 0.29) is 23.0 Å². The van der Waals surface area contributed by atoms with Crippen LogP contribution in [0.2, 0.25) is 0 Å². The number of carboxylic acid groups (broad SMARTS) is 1. The lowest BCUT2D eigenvalue weighted by atomic mass is 9.76. The number of benzene rings is 1. The first kappa shape index (κ1) is 19.1. The van der Waals surface area contributed by atoms with Gasteiger partial charge >= 0.3 is 5.97 Å². The topological polar surface area (TPSA) is 90.3 Å². The lowest BCUT2D eigenvalue weighted by Gasteiger charge is -2.39. The summed E-state index contributed by atoms with van der Waals surface area (Å²) >= 11 is 0. The van der Waals surface area contributed by atoms with E-state index in [2.05, 4.69) is 4.90 Å². The van der Waals surface area contributed by atoms with Crippen molar-refractivity contribution in [3.63, 3.8) is 0 Å². The molecular formula is C21H28N2O5. The summed E-state index contributed by atoms with van der Waals surface area (Å²) in [5.74, 6) is -0.163. The molecule has 1 amide bonds. The summed E-state index contributed by atoms with van der Waals surface area (Å²) in [5.41, 5.74) is 1.00. The number of ether oxygens (including phenoxy) is 1. The first-order valence-electron chi connectivity index (χ1n) is 10.0. The summed E-state index contributed by atoms with van der Waals surface area (Å²) in [6.07, 6.45) is 4.18. The number of hydrogen-bond donors (Lipinski definition) is 2. The van der Waals surface area contributed by atoms with Gasteiger partial charge in [-0.1, -0.05) is 6.07 Å². The number of phenols is 1. The van der Waals surface area contributed by atoms with Crippen LogP contribution in [0.4, 0.5) is 0 Å². The van der Waals surface area contributed by atoms with Crippen LogP contribution in [0, 0.1) is 11.3 Å². The van der Waals surface area contributed by atoms with Crippen molar-refractivity contribution in [2.75, 3.05) is 26.7 Å². The van der Waals surface area contributed by atoms with Gasteiger partial charge in [0.1, 0.15) is 6.04 Å². The standard InChI is InChI=1S/C21H28N2O5/c1-28-18-10-14(2-5-17(18)24)12-22-8-6-21(7-9-22)11-16(20(26)27)23(13-21)19(25)15-3-4-15/h2,5,10,15-16,24H,3-4,6-9,11-13H2,1H3,(H,26,27)/t16-/m0/s1. The molecule has 1 spiro atoms. The Morgan fingerprint density at radius 3 is 2.57 bits per heavy atom. The molecule has 0 aromatic heterocycles. The largest absolute Gasteiger partial charge is 0.504 e. The zero-order valence-corrected chi connectivity index (χ0v) is 16.3. The van der Waals surface area contributed by atoms with Gasteiger partial charge in [0.2, 0.25) is 5.91 Å². The number of phenolic OH excluding ortho intramolecular Hbond substituents is 1. The van der Waals surface area contributed by atoms with E-state index < -0.39 is 12.0 Å². The third-order valence-corrected chi connectivity index (χ3v) is 6.57. The zero-order chi connectivity index (χ0) is 19.9. The molecule has 7 heteroatoms. The second-order valence-electron chi connectivity index (χ2n) is 8.58. The lowest BCUT2D eigenvalue weighted by Crippen LogP contribution is -2.43. The highest BCUT2D eigenvalue weighted by molar-refractivity contribution is 5.87. The minimum Gasteiger partial charge on any atom is -0.504 e.